The van der Waals surface area contributed by atoms with Crippen LogP contribution in [0.15, 0.2) is 5.16 Å². The second-order valence-corrected chi connectivity index (χ2v) is 0.871. The maximum absolute atomic E-state index is 9.84. The van der Waals surface area contributed by atoms with Crippen molar-refractivity contribution in [2.24, 2.45) is 5.16 Å². The number of carbonyl (C=O) groups is 1. The van der Waals surface area contributed by atoms with Crippen molar-refractivity contribution in [3.8, 4) is 0 Å². The van der Waals surface area contributed by atoms with Gasteiger partial charge in [-0.3, -0.25) is 0 Å². The molecule has 0 aliphatic rings. The van der Waals surface area contributed by atoms with Crippen LogP contribution in [-0.4, -0.2) is 12.2 Å². The summed E-state index contributed by atoms with van der Waals surface area (Å²) in [4.78, 5) is 13.9. The van der Waals surface area contributed by atoms with Crippen LogP contribution in [0.3, 0.4) is 0 Å². The fourth-order valence-corrected chi connectivity index (χ4v) is 0.111. The average molecular weight is 100 g/mol. The molecule has 0 N–H and O–H groups in total. The Kier molecular flexibility index (Phi) is 2.92. The first kappa shape index (κ1) is 6.14. The van der Waals surface area contributed by atoms with Gasteiger partial charge in [-0.05, 0) is 6.92 Å². The fraction of sp³-hybridized carbons (Fsp3) is 0.250. The van der Waals surface area contributed by atoms with Crippen LogP contribution in [0.1, 0.15) is 6.92 Å². The molecule has 0 fully saturated rings. The molecule has 0 aromatic rings. The highest BCUT2D eigenvalue weighted by Gasteiger charge is 1.82. The number of rotatable bonds is 1. The van der Waals surface area contributed by atoms with Crippen LogP contribution in [0, 0.1) is 6.92 Å². The van der Waals surface area contributed by atoms with Gasteiger partial charge in [-0.15, -0.1) is 0 Å². The van der Waals surface area contributed by atoms with Gasteiger partial charge in [0.25, 0.3) is 0 Å². The topological polar surface area (TPSA) is 38.7 Å². The highest BCUT2D eigenvalue weighted by molar-refractivity contribution is 5.68. The summed E-state index contributed by atoms with van der Waals surface area (Å²) in [5.41, 5.74) is 0. The van der Waals surface area contributed by atoms with Gasteiger partial charge in [0.15, 0.2) is 0 Å². The lowest BCUT2D eigenvalue weighted by Crippen LogP contribution is -1.89. The van der Waals surface area contributed by atoms with Crippen LogP contribution in [0.5, 0.6) is 0 Å². The minimum absolute atomic E-state index is 0.431. The van der Waals surface area contributed by atoms with Gasteiger partial charge in [0.2, 0.25) is 0 Å². The van der Waals surface area contributed by atoms with E-state index < -0.39 is 5.97 Å². The van der Waals surface area contributed by atoms with Crippen molar-refractivity contribution in [1.82, 2.24) is 0 Å². The van der Waals surface area contributed by atoms with E-state index in [1.54, 1.807) is 0 Å². The van der Waals surface area contributed by atoms with Gasteiger partial charge in [0.1, 0.15) is 0 Å². The molecule has 0 atom stereocenters. The molecule has 0 aliphatic heterocycles. The van der Waals surface area contributed by atoms with E-state index in [9.17, 15) is 4.79 Å². The number of oxime groups is 1. The van der Waals surface area contributed by atoms with Crippen LogP contribution in [0.4, 0.5) is 0 Å². The van der Waals surface area contributed by atoms with Crippen LogP contribution in [0.2, 0.25) is 0 Å². The minimum atomic E-state index is -0.431. The number of nitrogens with zero attached hydrogens (tertiary/aromatic N) is 1. The molecule has 3 nitrogen and oxygen atoms in total. The van der Waals surface area contributed by atoms with Crippen LogP contribution in [0.25, 0.3) is 0 Å². The third-order valence-corrected chi connectivity index (χ3v) is 0.256. The van der Waals surface area contributed by atoms with E-state index in [0.29, 0.717) is 0 Å². The fourth-order valence-electron chi connectivity index (χ4n) is 0.111. The molecular formula is C4H6NO2. The molecule has 0 rings (SSSR count). The molecule has 1 radical (unpaired) electrons. The van der Waals surface area contributed by atoms with Crippen molar-refractivity contribution in [1.29, 1.82) is 0 Å². The van der Waals surface area contributed by atoms with Gasteiger partial charge < -0.3 is 4.84 Å². The molecule has 0 amide bonds. The Morgan fingerprint density at radius 1 is 2.00 bits per heavy atom. The third kappa shape index (κ3) is 5.14. The van der Waals surface area contributed by atoms with Crippen molar-refractivity contribution in [2.45, 2.75) is 6.92 Å². The summed E-state index contributed by atoms with van der Waals surface area (Å²) in [5.74, 6) is -0.431. The summed E-state index contributed by atoms with van der Waals surface area (Å²) in [7, 11) is 0. The molecule has 0 aromatic heterocycles. The van der Waals surface area contributed by atoms with Gasteiger partial charge in [0.05, 0.1) is 0 Å². The Morgan fingerprint density at radius 2 is 2.57 bits per heavy atom. The van der Waals surface area contributed by atoms with E-state index in [4.69, 9.17) is 0 Å². The lowest BCUT2D eigenvalue weighted by molar-refractivity contribution is -0.140. The number of hydrogen-bond donors (Lipinski definition) is 0. The van der Waals surface area contributed by atoms with E-state index in [-0.39, 0.29) is 0 Å². The zero-order valence-electron chi connectivity index (χ0n) is 4.05. The van der Waals surface area contributed by atoms with Crippen LogP contribution >= 0.6 is 0 Å². The van der Waals surface area contributed by atoms with E-state index in [2.05, 4.69) is 16.9 Å². The largest absolute Gasteiger partial charge is 0.331 e. The first-order chi connectivity index (χ1) is 3.27. The summed E-state index contributed by atoms with van der Waals surface area (Å²) >= 11 is 0. The van der Waals surface area contributed by atoms with Gasteiger partial charge in [-0.25, -0.2) is 4.79 Å². The van der Waals surface area contributed by atoms with Gasteiger partial charge >= 0.3 is 5.97 Å². The van der Waals surface area contributed by atoms with Crippen LogP contribution in [-0.2, 0) is 9.63 Å². The summed E-state index contributed by atoms with van der Waals surface area (Å²) in [6.45, 7) is 4.46. The van der Waals surface area contributed by atoms with E-state index in [1.165, 1.54) is 6.92 Å². The lowest BCUT2D eigenvalue weighted by Gasteiger charge is -1.82. The van der Waals surface area contributed by atoms with Gasteiger partial charge in [-0.2, -0.15) is 0 Å². The first-order valence-electron chi connectivity index (χ1n) is 1.76. The van der Waals surface area contributed by atoms with Crippen molar-refractivity contribution >= 4 is 12.2 Å². The number of carbonyl (C=O) groups excluding carboxylic acids is 1. The standard InChI is InChI=1S/C4H6NO2/c1-3-5-7-4(2)6/h3H,1H2,2H3. The van der Waals surface area contributed by atoms with Crippen molar-refractivity contribution in [2.75, 3.05) is 0 Å². The molecule has 0 heterocycles. The Bertz CT molecular complexity index is 87.7. The molecule has 0 saturated carbocycles. The Labute approximate surface area is 42.0 Å². The van der Waals surface area contributed by atoms with Gasteiger partial charge in [0, 0.05) is 13.1 Å². The molecule has 39 valence electrons. The molecular weight excluding hydrogens is 94.0 g/mol. The monoisotopic (exact) mass is 100 g/mol. The zero-order chi connectivity index (χ0) is 5.70. The SMILES string of the molecule is [CH2]C=NOC(C)=O. The van der Waals surface area contributed by atoms with Crippen molar-refractivity contribution in [3.63, 3.8) is 0 Å². The van der Waals surface area contributed by atoms with E-state index in [0.717, 1.165) is 6.21 Å². The summed E-state index contributed by atoms with van der Waals surface area (Å²) < 4.78 is 0. The van der Waals surface area contributed by atoms with Crippen molar-refractivity contribution in [3.05, 3.63) is 6.92 Å². The third-order valence-electron chi connectivity index (χ3n) is 0.256. The number of hydrogen-bond acceptors (Lipinski definition) is 3. The average Bonchev–Trinajstić information content (AvgIpc) is 1.61. The quantitative estimate of drug-likeness (QED) is 0.271. The highest BCUT2D eigenvalue weighted by atomic mass is 16.7. The molecule has 3 heteroatoms. The Hall–Kier alpha value is -0.860. The smallest absolute Gasteiger partial charge is 0.319 e. The summed E-state index contributed by atoms with van der Waals surface area (Å²) in [6, 6.07) is 0. The maximum Gasteiger partial charge on any atom is 0.331 e. The molecule has 7 heavy (non-hydrogen) atoms. The molecule has 0 spiro atoms. The molecule has 0 saturated heterocycles. The molecule has 0 unspecified atom stereocenters. The molecule has 0 aliphatic carbocycles. The predicted octanol–water partition coefficient (Wildman–Crippen LogP) is 0.369. The summed E-state index contributed by atoms with van der Waals surface area (Å²) in [5, 5.41) is 3.09. The Balaban J connectivity index is 3.14. The normalized spacial score (nSPS) is 9.43. The van der Waals surface area contributed by atoms with Gasteiger partial charge in [-0.1, -0.05) is 5.16 Å². The van der Waals surface area contributed by atoms with Crippen LogP contribution < -0.4 is 0 Å². The zero-order valence-corrected chi connectivity index (χ0v) is 4.05. The highest BCUT2D eigenvalue weighted by Crippen LogP contribution is 1.72. The van der Waals surface area contributed by atoms with E-state index in [1.807, 2.05) is 0 Å². The van der Waals surface area contributed by atoms with E-state index >= 15 is 0 Å². The molecule has 0 aromatic carbocycles. The Morgan fingerprint density at radius 3 is 2.71 bits per heavy atom. The molecule has 0 bridgehead atoms. The maximum atomic E-state index is 9.84. The second-order valence-electron chi connectivity index (χ2n) is 0.871. The first-order valence-corrected chi connectivity index (χ1v) is 1.76. The second kappa shape index (κ2) is 3.33. The van der Waals surface area contributed by atoms with Crippen molar-refractivity contribution < 1.29 is 9.63 Å². The minimum Gasteiger partial charge on any atom is -0.319 e. The lowest BCUT2D eigenvalue weighted by atomic mass is 10.8. The predicted molar refractivity (Wildman–Crippen MR) is 25.6 cm³/mol. The summed E-state index contributed by atoms with van der Waals surface area (Å²) in [6.07, 6.45) is 1.15.